The van der Waals surface area contributed by atoms with Crippen molar-refractivity contribution in [2.75, 3.05) is 19.6 Å². The first kappa shape index (κ1) is 16.6. The van der Waals surface area contributed by atoms with Crippen molar-refractivity contribution in [3.8, 4) is 0 Å². The minimum atomic E-state index is -4.13. The van der Waals surface area contributed by atoms with E-state index in [2.05, 4.69) is 5.32 Å². The van der Waals surface area contributed by atoms with Crippen LogP contribution in [0.15, 0.2) is 0 Å². The van der Waals surface area contributed by atoms with Gasteiger partial charge >= 0.3 is 6.18 Å². The molecule has 0 aromatic rings. The number of carbonyl (C=O) groups is 1. The maximum atomic E-state index is 13.0. The lowest BCUT2D eigenvalue weighted by atomic mass is 9.84. The third-order valence-corrected chi connectivity index (χ3v) is 4.64. The van der Waals surface area contributed by atoms with E-state index in [1.165, 1.54) is 0 Å². The third kappa shape index (κ3) is 4.87. The molecule has 2 rings (SSSR count). The molecule has 0 radical (unpaired) electrons. The van der Waals surface area contributed by atoms with E-state index in [0.717, 1.165) is 38.8 Å². The number of carbonyl (C=O) groups excluding carboxylic acids is 1. The summed E-state index contributed by atoms with van der Waals surface area (Å²) in [6.45, 7) is 1.95. The maximum absolute atomic E-state index is 13.0. The molecule has 0 bridgehead atoms. The van der Waals surface area contributed by atoms with Crippen molar-refractivity contribution in [1.82, 2.24) is 10.2 Å². The highest BCUT2D eigenvalue weighted by molar-refractivity contribution is 5.76. The first-order valence-corrected chi connectivity index (χ1v) is 8.06. The summed E-state index contributed by atoms with van der Waals surface area (Å²) < 4.78 is 38.9. The number of nitrogens with one attached hydrogen (secondary N) is 1. The summed E-state index contributed by atoms with van der Waals surface area (Å²) in [5.41, 5.74) is 0. The summed E-state index contributed by atoms with van der Waals surface area (Å²) in [4.78, 5) is 13.8. The van der Waals surface area contributed by atoms with Crippen LogP contribution in [0.5, 0.6) is 0 Å². The van der Waals surface area contributed by atoms with Crippen molar-refractivity contribution in [2.45, 2.75) is 63.6 Å². The molecule has 122 valence electrons. The van der Waals surface area contributed by atoms with E-state index in [9.17, 15) is 18.0 Å². The van der Waals surface area contributed by atoms with Crippen molar-refractivity contribution in [2.24, 2.45) is 5.92 Å². The van der Waals surface area contributed by atoms with Crippen molar-refractivity contribution in [3.05, 3.63) is 0 Å². The molecule has 1 N–H and O–H groups in total. The zero-order chi connectivity index (χ0) is 15.3. The lowest BCUT2D eigenvalue weighted by Crippen LogP contribution is -2.46. The van der Waals surface area contributed by atoms with Crippen molar-refractivity contribution >= 4 is 5.91 Å². The van der Waals surface area contributed by atoms with Gasteiger partial charge in [-0.1, -0.05) is 12.8 Å². The van der Waals surface area contributed by atoms with Gasteiger partial charge in [-0.2, -0.15) is 13.2 Å². The molecule has 21 heavy (non-hydrogen) atoms. The van der Waals surface area contributed by atoms with Gasteiger partial charge in [-0.05, 0) is 32.1 Å². The highest BCUT2D eigenvalue weighted by Crippen LogP contribution is 2.37. The molecule has 1 aliphatic heterocycles. The zero-order valence-corrected chi connectivity index (χ0v) is 12.4. The molecule has 0 aromatic heterocycles. The quantitative estimate of drug-likeness (QED) is 0.865. The lowest BCUT2D eigenvalue weighted by molar-refractivity contribution is -0.188. The summed E-state index contributed by atoms with van der Waals surface area (Å²) in [6, 6.07) is -0.520. The highest BCUT2D eigenvalue weighted by Gasteiger charge is 2.45. The van der Waals surface area contributed by atoms with Crippen molar-refractivity contribution in [3.63, 3.8) is 0 Å². The van der Waals surface area contributed by atoms with Crippen molar-refractivity contribution in [1.29, 1.82) is 0 Å². The molecular weight excluding hydrogens is 281 g/mol. The smallest absolute Gasteiger partial charge is 0.343 e. The van der Waals surface area contributed by atoms with Crippen LogP contribution in [0.25, 0.3) is 0 Å². The van der Waals surface area contributed by atoms with Crippen LogP contribution in [-0.2, 0) is 4.79 Å². The topological polar surface area (TPSA) is 32.3 Å². The van der Waals surface area contributed by atoms with Crippen LogP contribution in [0, 0.1) is 5.92 Å². The molecule has 1 saturated carbocycles. The SMILES string of the molecule is O=C(CCNC1CCCCC1C(F)(F)F)N1CCCCC1. The van der Waals surface area contributed by atoms with Gasteiger partial charge in [-0.3, -0.25) is 4.79 Å². The largest absolute Gasteiger partial charge is 0.393 e. The van der Waals surface area contributed by atoms with Gasteiger partial charge in [0.05, 0.1) is 5.92 Å². The van der Waals surface area contributed by atoms with Gasteiger partial charge < -0.3 is 10.2 Å². The minimum absolute atomic E-state index is 0.0709. The molecule has 1 amide bonds. The van der Waals surface area contributed by atoms with E-state index in [-0.39, 0.29) is 12.3 Å². The average molecular weight is 306 g/mol. The second-order valence-corrected chi connectivity index (χ2v) is 6.18. The Bertz CT molecular complexity index is 340. The number of rotatable bonds is 4. The minimum Gasteiger partial charge on any atom is -0.343 e. The number of hydrogen-bond acceptors (Lipinski definition) is 2. The predicted molar refractivity (Wildman–Crippen MR) is 74.9 cm³/mol. The number of nitrogens with zero attached hydrogens (tertiary/aromatic N) is 1. The Balaban J connectivity index is 1.74. The Hall–Kier alpha value is -0.780. The Morgan fingerprint density at radius 1 is 1.05 bits per heavy atom. The van der Waals surface area contributed by atoms with Crippen LogP contribution in [0.2, 0.25) is 0 Å². The second-order valence-electron chi connectivity index (χ2n) is 6.18. The van der Waals surface area contributed by atoms with Gasteiger partial charge in [0.1, 0.15) is 0 Å². The number of piperidine rings is 1. The molecule has 2 unspecified atom stereocenters. The number of amides is 1. The molecule has 6 heteroatoms. The van der Waals surface area contributed by atoms with Gasteiger partial charge in [0.25, 0.3) is 0 Å². The van der Waals surface area contributed by atoms with E-state index in [1.807, 2.05) is 4.90 Å². The summed E-state index contributed by atoms with van der Waals surface area (Å²) in [7, 11) is 0. The monoisotopic (exact) mass is 306 g/mol. The van der Waals surface area contributed by atoms with Crippen LogP contribution in [0.4, 0.5) is 13.2 Å². The summed E-state index contributed by atoms with van der Waals surface area (Å²) in [6.07, 6.45) is 1.67. The molecule has 1 aliphatic carbocycles. The summed E-state index contributed by atoms with van der Waals surface area (Å²) in [5.74, 6) is -1.18. The zero-order valence-electron chi connectivity index (χ0n) is 12.4. The van der Waals surface area contributed by atoms with E-state index in [0.29, 0.717) is 25.8 Å². The summed E-state index contributed by atoms with van der Waals surface area (Å²) in [5, 5.41) is 2.98. The molecule has 1 heterocycles. The normalized spacial score (nSPS) is 27.7. The van der Waals surface area contributed by atoms with Gasteiger partial charge in [0.15, 0.2) is 0 Å². The fraction of sp³-hybridized carbons (Fsp3) is 0.933. The molecule has 3 nitrogen and oxygen atoms in total. The van der Waals surface area contributed by atoms with Crippen molar-refractivity contribution < 1.29 is 18.0 Å². The van der Waals surface area contributed by atoms with Gasteiger partial charge in [0.2, 0.25) is 5.91 Å². The average Bonchev–Trinajstić information content (AvgIpc) is 2.47. The predicted octanol–water partition coefficient (Wildman–Crippen LogP) is 3.10. The van der Waals surface area contributed by atoms with E-state index in [1.54, 1.807) is 0 Å². The first-order chi connectivity index (χ1) is 9.98. The Labute approximate surface area is 124 Å². The van der Waals surface area contributed by atoms with Crippen LogP contribution >= 0.6 is 0 Å². The highest BCUT2D eigenvalue weighted by atomic mass is 19.4. The first-order valence-electron chi connectivity index (χ1n) is 8.06. The number of hydrogen-bond donors (Lipinski definition) is 1. The number of likely N-dealkylation sites (tertiary alicyclic amines) is 1. The Morgan fingerprint density at radius 2 is 1.71 bits per heavy atom. The van der Waals surface area contributed by atoms with Gasteiger partial charge in [0, 0.05) is 32.1 Å². The Morgan fingerprint density at radius 3 is 2.38 bits per heavy atom. The van der Waals surface area contributed by atoms with E-state index < -0.39 is 18.1 Å². The molecule has 0 spiro atoms. The lowest BCUT2D eigenvalue weighted by Gasteiger charge is -2.34. The van der Waals surface area contributed by atoms with Gasteiger partial charge in [-0.25, -0.2) is 0 Å². The van der Waals surface area contributed by atoms with E-state index >= 15 is 0 Å². The Kier molecular flexibility index (Phi) is 5.90. The molecule has 2 fully saturated rings. The van der Waals surface area contributed by atoms with Crippen LogP contribution in [0.1, 0.15) is 51.4 Å². The number of alkyl halides is 3. The molecule has 2 aliphatic rings. The van der Waals surface area contributed by atoms with Crippen LogP contribution in [0.3, 0.4) is 0 Å². The maximum Gasteiger partial charge on any atom is 0.393 e. The molecule has 1 saturated heterocycles. The second kappa shape index (κ2) is 7.47. The fourth-order valence-electron chi connectivity index (χ4n) is 3.43. The van der Waals surface area contributed by atoms with Crippen LogP contribution < -0.4 is 5.32 Å². The van der Waals surface area contributed by atoms with E-state index in [4.69, 9.17) is 0 Å². The molecule has 2 atom stereocenters. The molecule has 0 aromatic carbocycles. The summed E-state index contributed by atoms with van der Waals surface area (Å²) >= 11 is 0. The van der Waals surface area contributed by atoms with Crippen LogP contribution in [-0.4, -0.2) is 42.7 Å². The number of halogens is 3. The fourth-order valence-corrected chi connectivity index (χ4v) is 3.43. The molecular formula is C15H25F3N2O. The van der Waals surface area contributed by atoms with Gasteiger partial charge in [-0.15, -0.1) is 0 Å². The standard InChI is InChI=1S/C15H25F3N2O/c16-15(17,18)12-6-2-3-7-13(12)19-9-8-14(21)20-10-4-1-5-11-20/h12-13,19H,1-11H2. The third-order valence-electron chi connectivity index (χ3n) is 4.64.